The highest BCUT2D eigenvalue weighted by Gasteiger charge is 2.35. The van der Waals surface area contributed by atoms with Crippen LogP contribution in [0.15, 0.2) is 12.3 Å². The molecule has 0 spiro atoms. The van der Waals surface area contributed by atoms with Crippen LogP contribution >= 0.6 is 0 Å². The van der Waals surface area contributed by atoms with Gasteiger partial charge in [0.15, 0.2) is 15.5 Å². The first-order valence-electron chi connectivity index (χ1n) is 7.66. The Morgan fingerprint density at radius 1 is 1.43 bits per heavy atom. The van der Waals surface area contributed by atoms with E-state index in [2.05, 4.69) is 10.1 Å². The molecule has 0 unspecified atom stereocenters. The maximum atomic E-state index is 12.9. The molecule has 0 bridgehead atoms. The fraction of sp³-hybridized carbons (Fsp3) is 0.533. The van der Waals surface area contributed by atoms with Crippen molar-refractivity contribution in [3.8, 4) is 0 Å². The van der Waals surface area contributed by atoms with Crippen molar-refractivity contribution in [1.29, 1.82) is 0 Å². The maximum absolute atomic E-state index is 12.9. The topological polar surface area (TPSA) is 84.6 Å². The minimum absolute atomic E-state index is 0.0390. The summed E-state index contributed by atoms with van der Waals surface area (Å²) in [6.45, 7) is 6.10. The lowest BCUT2D eigenvalue weighted by atomic mass is 10.2. The molecule has 0 radical (unpaired) electrons. The van der Waals surface area contributed by atoms with Crippen LogP contribution in [0.2, 0.25) is 0 Å². The van der Waals surface area contributed by atoms with Crippen molar-refractivity contribution >= 4 is 21.4 Å². The molecule has 1 saturated heterocycles. The van der Waals surface area contributed by atoms with Gasteiger partial charge in [-0.15, -0.1) is 0 Å². The van der Waals surface area contributed by atoms with Crippen LogP contribution in [0.3, 0.4) is 0 Å². The van der Waals surface area contributed by atoms with Gasteiger partial charge in [0.25, 0.3) is 5.91 Å². The zero-order chi connectivity index (χ0) is 16.8. The number of carbonyl (C=O) groups is 1. The first kappa shape index (κ1) is 15.9. The summed E-state index contributed by atoms with van der Waals surface area (Å²) in [5.41, 5.74) is 2.66. The van der Waals surface area contributed by atoms with Gasteiger partial charge in [0.1, 0.15) is 5.56 Å². The summed E-state index contributed by atoms with van der Waals surface area (Å²) in [5, 5.41) is 4.24. The summed E-state index contributed by atoms with van der Waals surface area (Å²) >= 11 is 0. The van der Waals surface area contributed by atoms with E-state index in [4.69, 9.17) is 0 Å². The van der Waals surface area contributed by atoms with Crippen molar-refractivity contribution in [3.63, 3.8) is 0 Å². The quantitative estimate of drug-likeness (QED) is 0.835. The number of rotatable bonds is 3. The molecule has 124 valence electrons. The Morgan fingerprint density at radius 3 is 2.78 bits per heavy atom. The second kappa shape index (κ2) is 5.59. The lowest BCUT2D eigenvalue weighted by Gasteiger charge is -2.26. The first-order chi connectivity index (χ1) is 10.8. The van der Waals surface area contributed by atoms with E-state index < -0.39 is 9.84 Å². The van der Waals surface area contributed by atoms with Crippen LogP contribution < -0.4 is 0 Å². The van der Waals surface area contributed by atoms with Crippen LogP contribution in [-0.4, -0.2) is 57.9 Å². The van der Waals surface area contributed by atoms with E-state index in [1.807, 2.05) is 26.8 Å². The molecule has 1 aliphatic rings. The van der Waals surface area contributed by atoms with Gasteiger partial charge in [-0.05, 0) is 33.3 Å². The number of hydrogen-bond donors (Lipinski definition) is 0. The van der Waals surface area contributed by atoms with Gasteiger partial charge in [-0.3, -0.25) is 4.79 Å². The van der Waals surface area contributed by atoms with Crippen molar-refractivity contribution in [3.05, 3.63) is 29.2 Å². The Kier molecular flexibility index (Phi) is 3.87. The van der Waals surface area contributed by atoms with Gasteiger partial charge < -0.3 is 4.90 Å². The highest BCUT2D eigenvalue weighted by molar-refractivity contribution is 7.91. The zero-order valence-corrected chi connectivity index (χ0v) is 14.3. The van der Waals surface area contributed by atoms with Crippen LogP contribution in [-0.2, 0) is 9.84 Å². The third-order valence-electron chi connectivity index (χ3n) is 4.26. The molecule has 1 fully saturated rings. The molecule has 7 nitrogen and oxygen atoms in total. The molecule has 8 heteroatoms. The molecule has 0 saturated carbocycles. The number of sulfone groups is 1. The van der Waals surface area contributed by atoms with Crippen molar-refractivity contribution < 1.29 is 13.2 Å². The molecular formula is C15H20N4O3S. The Labute approximate surface area is 135 Å². The predicted molar refractivity (Wildman–Crippen MR) is 86.2 cm³/mol. The standard InChI is InChI=1S/C15H20N4O3S/c1-4-18(12-5-6-23(21,22)9-12)15(20)13-8-16-19-11(3)7-10(2)17-14(13)19/h7-8,12H,4-6,9H2,1-3H3/t12-/m0/s1. The summed E-state index contributed by atoms with van der Waals surface area (Å²) in [6, 6.07) is 1.63. The van der Waals surface area contributed by atoms with Crippen LogP contribution in [0.25, 0.3) is 5.65 Å². The summed E-state index contributed by atoms with van der Waals surface area (Å²) in [4.78, 5) is 19.0. The summed E-state index contributed by atoms with van der Waals surface area (Å²) < 4.78 is 25.0. The molecule has 3 heterocycles. The molecular weight excluding hydrogens is 316 g/mol. The van der Waals surface area contributed by atoms with Crippen LogP contribution in [0.5, 0.6) is 0 Å². The molecule has 2 aromatic rings. The number of amides is 1. The van der Waals surface area contributed by atoms with E-state index in [1.54, 1.807) is 9.42 Å². The van der Waals surface area contributed by atoms with Gasteiger partial charge in [0, 0.05) is 24.0 Å². The van der Waals surface area contributed by atoms with Crippen LogP contribution in [0.1, 0.15) is 35.1 Å². The molecule has 0 aliphatic carbocycles. The largest absolute Gasteiger partial charge is 0.335 e. The summed E-state index contributed by atoms with van der Waals surface area (Å²) in [5.74, 6) is -0.0219. The van der Waals surface area contributed by atoms with Gasteiger partial charge in [0.2, 0.25) is 0 Å². The minimum atomic E-state index is -3.04. The lowest BCUT2D eigenvalue weighted by Crippen LogP contribution is -2.41. The monoisotopic (exact) mass is 336 g/mol. The molecule has 23 heavy (non-hydrogen) atoms. The SMILES string of the molecule is CCN(C(=O)c1cnn2c(C)cc(C)nc12)[C@H]1CCS(=O)(=O)C1. The van der Waals surface area contributed by atoms with Crippen molar-refractivity contribution in [1.82, 2.24) is 19.5 Å². The highest BCUT2D eigenvalue weighted by atomic mass is 32.2. The molecule has 3 rings (SSSR count). The van der Waals surface area contributed by atoms with Crippen molar-refractivity contribution in [2.45, 2.75) is 33.2 Å². The number of carbonyl (C=O) groups excluding carboxylic acids is 1. The fourth-order valence-electron chi connectivity index (χ4n) is 3.16. The Morgan fingerprint density at radius 2 is 2.17 bits per heavy atom. The van der Waals surface area contributed by atoms with Crippen molar-refractivity contribution in [2.75, 3.05) is 18.1 Å². The van der Waals surface area contributed by atoms with Crippen LogP contribution in [0, 0.1) is 13.8 Å². The van der Waals surface area contributed by atoms with Gasteiger partial charge >= 0.3 is 0 Å². The number of hydrogen-bond acceptors (Lipinski definition) is 5. The third-order valence-corrected chi connectivity index (χ3v) is 6.01. The van der Waals surface area contributed by atoms with E-state index >= 15 is 0 Å². The number of fused-ring (bicyclic) bond motifs is 1. The molecule has 1 aliphatic heterocycles. The van der Waals surface area contributed by atoms with E-state index in [0.717, 1.165) is 11.4 Å². The zero-order valence-electron chi connectivity index (χ0n) is 13.5. The van der Waals surface area contributed by atoms with Gasteiger partial charge in [-0.2, -0.15) is 5.10 Å². The number of aromatic nitrogens is 3. The highest BCUT2D eigenvalue weighted by Crippen LogP contribution is 2.21. The third kappa shape index (κ3) is 2.83. The normalized spacial score (nSPS) is 20.0. The fourth-order valence-corrected chi connectivity index (χ4v) is 4.90. The predicted octanol–water partition coefficient (Wildman–Crippen LogP) is 0.995. The average Bonchev–Trinajstić information content (AvgIpc) is 3.03. The van der Waals surface area contributed by atoms with E-state index in [-0.39, 0.29) is 23.5 Å². The number of nitrogens with zero attached hydrogens (tertiary/aromatic N) is 4. The second-order valence-electron chi connectivity index (χ2n) is 5.98. The maximum Gasteiger partial charge on any atom is 0.259 e. The Hall–Kier alpha value is -1.96. The van der Waals surface area contributed by atoms with E-state index in [1.165, 1.54) is 6.20 Å². The Balaban J connectivity index is 1.99. The van der Waals surface area contributed by atoms with Gasteiger partial charge in [-0.25, -0.2) is 17.9 Å². The van der Waals surface area contributed by atoms with Gasteiger partial charge in [-0.1, -0.05) is 0 Å². The van der Waals surface area contributed by atoms with E-state index in [0.29, 0.717) is 24.2 Å². The summed E-state index contributed by atoms with van der Waals surface area (Å²) in [6.07, 6.45) is 2.01. The molecule has 0 aromatic carbocycles. The lowest BCUT2D eigenvalue weighted by molar-refractivity contribution is 0.0710. The molecule has 1 amide bonds. The van der Waals surface area contributed by atoms with Gasteiger partial charge in [0.05, 0.1) is 17.7 Å². The molecule has 2 aromatic heterocycles. The second-order valence-corrected chi connectivity index (χ2v) is 8.21. The van der Waals surface area contributed by atoms with Crippen molar-refractivity contribution in [2.24, 2.45) is 0 Å². The first-order valence-corrected chi connectivity index (χ1v) is 9.48. The van der Waals surface area contributed by atoms with Crippen LogP contribution in [0.4, 0.5) is 0 Å². The minimum Gasteiger partial charge on any atom is -0.335 e. The molecule has 1 atom stereocenters. The summed E-state index contributed by atoms with van der Waals surface area (Å²) in [7, 11) is -3.04. The average molecular weight is 336 g/mol. The Bertz CT molecular complexity index is 872. The smallest absolute Gasteiger partial charge is 0.259 e. The van der Waals surface area contributed by atoms with E-state index in [9.17, 15) is 13.2 Å². The number of aryl methyl sites for hydroxylation is 2. The molecule has 0 N–H and O–H groups in total.